The van der Waals surface area contributed by atoms with Crippen LogP contribution < -0.4 is 4.90 Å². The molecule has 122 valence electrons. The van der Waals surface area contributed by atoms with E-state index in [1.165, 1.54) is 25.5 Å². The third-order valence-corrected chi connectivity index (χ3v) is 5.43. The summed E-state index contributed by atoms with van der Waals surface area (Å²) in [6.45, 7) is 3.05. The van der Waals surface area contributed by atoms with Crippen LogP contribution in [0, 0.1) is 17.6 Å². The molecule has 0 saturated carbocycles. The minimum Gasteiger partial charge on any atom is -0.371 e. The first-order valence-corrected chi connectivity index (χ1v) is 8.32. The number of aromatic nitrogens is 1. The first kappa shape index (κ1) is 14.8. The van der Waals surface area contributed by atoms with Gasteiger partial charge in [0, 0.05) is 42.5 Å². The van der Waals surface area contributed by atoms with E-state index in [4.69, 9.17) is 0 Å². The highest BCUT2D eigenvalue weighted by atomic mass is 19.1. The Balaban J connectivity index is 1.70. The molecule has 2 aliphatic heterocycles. The molecule has 2 aromatic rings. The van der Waals surface area contributed by atoms with Gasteiger partial charge in [-0.3, -0.25) is 4.98 Å². The van der Waals surface area contributed by atoms with Crippen molar-refractivity contribution in [2.75, 3.05) is 31.6 Å². The molecule has 1 aromatic heterocycles. The summed E-state index contributed by atoms with van der Waals surface area (Å²) < 4.78 is 27.7. The number of anilines is 1. The Morgan fingerprint density at radius 1 is 1.17 bits per heavy atom. The van der Waals surface area contributed by atoms with Crippen molar-refractivity contribution >= 4 is 16.6 Å². The number of piperidine rings is 2. The number of fused-ring (bicyclic) bond motifs is 2. The van der Waals surface area contributed by atoms with E-state index in [-0.39, 0.29) is 5.52 Å². The molecule has 0 spiro atoms. The molecule has 0 aliphatic carbocycles. The van der Waals surface area contributed by atoms with E-state index in [1.807, 2.05) is 6.07 Å². The van der Waals surface area contributed by atoms with Gasteiger partial charge in [-0.15, -0.1) is 0 Å². The normalized spacial score (nSPS) is 25.6. The number of hydrogen-bond acceptors (Lipinski definition) is 3. The summed E-state index contributed by atoms with van der Waals surface area (Å²) in [6, 6.07) is 4.83. The van der Waals surface area contributed by atoms with Gasteiger partial charge in [0.2, 0.25) is 0 Å². The molecule has 3 nitrogen and oxygen atoms in total. The Morgan fingerprint density at radius 2 is 2.04 bits per heavy atom. The van der Waals surface area contributed by atoms with Crippen LogP contribution in [0.25, 0.3) is 10.9 Å². The summed E-state index contributed by atoms with van der Waals surface area (Å²) >= 11 is 0. The zero-order valence-corrected chi connectivity index (χ0v) is 13.3. The molecule has 2 fully saturated rings. The third-order valence-electron chi connectivity index (χ3n) is 5.43. The Hall–Kier alpha value is -1.75. The first-order chi connectivity index (χ1) is 11.1. The molecule has 23 heavy (non-hydrogen) atoms. The van der Waals surface area contributed by atoms with Crippen LogP contribution in [0.2, 0.25) is 0 Å². The molecular formula is C18H21F2N3. The van der Waals surface area contributed by atoms with Gasteiger partial charge in [0.25, 0.3) is 0 Å². The summed E-state index contributed by atoms with van der Waals surface area (Å²) in [6.07, 6.45) is 5.18. The molecule has 2 saturated heterocycles. The largest absolute Gasteiger partial charge is 0.371 e. The number of halogens is 2. The molecule has 0 N–H and O–H groups in total. The molecule has 1 aromatic carbocycles. The number of rotatable bonds is 1. The SMILES string of the molecule is CN1CCCC2CN(c3ccnc4c(F)cc(F)cc34)CCC21. The van der Waals surface area contributed by atoms with E-state index in [1.54, 1.807) is 6.20 Å². The summed E-state index contributed by atoms with van der Waals surface area (Å²) in [5.74, 6) is -0.505. The summed E-state index contributed by atoms with van der Waals surface area (Å²) in [5.41, 5.74) is 1.16. The van der Waals surface area contributed by atoms with Crippen molar-refractivity contribution < 1.29 is 8.78 Å². The van der Waals surface area contributed by atoms with Gasteiger partial charge < -0.3 is 9.80 Å². The quantitative estimate of drug-likeness (QED) is 0.803. The minimum absolute atomic E-state index is 0.256. The lowest BCUT2D eigenvalue weighted by Crippen LogP contribution is -2.52. The van der Waals surface area contributed by atoms with Gasteiger partial charge in [0.05, 0.1) is 0 Å². The van der Waals surface area contributed by atoms with Gasteiger partial charge in [-0.1, -0.05) is 0 Å². The van der Waals surface area contributed by atoms with Crippen molar-refractivity contribution in [1.29, 1.82) is 0 Å². The van der Waals surface area contributed by atoms with Crippen molar-refractivity contribution in [3.8, 4) is 0 Å². The fraction of sp³-hybridized carbons (Fsp3) is 0.500. The Kier molecular flexibility index (Phi) is 3.68. The van der Waals surface area contributed by atoms with Crippen LogP contribution in [-0.2, 0) is 0 Å². The van der Waals surface area contributed by atoms with Crippen LogP contribution in [0.3, 0.4) is 0 Å². The second-order valence-corrected chi connectivity index (χ2v) is 6.80. The predicted octanol–water partition coefficient (Wildman–Crippen LogP) is 3.43. The molecule has 0 radical (unpaired) electrons. The van der Waals surface area contributed by atoms with Crippen molar-refractivity contribution in [2.45, 2.75) is 25.3 Å². The van der Waals surface area contributed by atoms with E-state index >= 15 is 0 Å². The second-order valence-electron chi connectivity index (χ2n) is 6.80. The van der Waals surface area contributed by atoms with Gasteiger partial charge in [0.1, 0.15) is 11.3 Å². The zero-order chi connectivity index (χ0) is 16.0. The van der Waals surface area contributed by atoms with Crippen LogP contribution in [0.4, 0.5) is 14.5 Å². The Labute approximate surface area is 134 Å². The standard InChI is InChI=1S/C18H21F2N3/c1-22-7-2-3-12-11-23(8-5-16(12)22)17-4-6-21-18-14(17)9-13(19)10-15(18)20/h4,6,9-10,12,16H,2-3,5,7-8,11H2,1H3. The third kappa shape index (κ3) is 2.57. The predicted molar refractivity (Wildman–Crippen MR) is 87.6 cm³/mol. The lowest BCUT2D eigenvalue weighted by atomic mass is 9.84. The minimum atomic E-state index is -0.589. The van der Waals surface area contributed by atoms with E-state index in [2.05, 4.69) is 21.8 Å². The lowest BCUT2D eigenvalue weighted by molar-refractivity contribution is 0.102. The number of hydrogen-bond donors (Lipinski definition) is 0. The highest BCUT2D eigenvalue weighted by molar-refractivity contribution is 5.92. The van der Waals surface area contributed by atoms with Crippen LogP contribution in [0.5, 0.6) is 0 Å². The van der Waals surface area contributed by atoms with Crippen LogP contribution in [0.15, 0.2) is 24.4 Å². The van der Waals surface area contributed by atoms with Crippen molar-refractivity contribution in [1.82, 2.24) is 9.88 Å². The Bertz CT molecular complexity index is 734. The van der Waals surface area contributed by atoms with E-state index < -0.39 is 11.6 Å². The summed E-state index contributed by atoms with van der Waals surface area (Å²) in [7, 11) is 2.21. The molecule has 2 atom stereocenters. The van der Waals surface area contributed by atoms with Crippen LogP contribution in [-0.4, -0.2) is 42.6 Å². The monoisotopic (exact) mass is 317 g/mol. The fourth-order valence-electron chi connectivity index (χ4n) is 4.31. The molecule has 2 aliphatic rings. The maximum atomic E-state index is 14.0. The number of nitrogens with zero attached hydrogens (tertiary/aromatic N) is 3. The van der Waals surface area contributed by atoms with Crippen molar-refractivity contribution in [3.63, 3.8) is 0 Å². The van der Waals surface area contributed by atoms with Gasteiger partial charge in [-0.05, 0) is 50.9 Å². The maximum absolute atomic E-state index is 14.0. The van der Waals surface area contributed by atoms with E-state index in [0.29, 0.717) is 17.3 Å². The lowest BCUT2D eigenvalue weighted by Gasteiger charge is -2.46. The Morgan fingerprint density at radius 3 is 2.91 bits per heavy atom. The first-order valence-electron chi connectivity index (χ1n) is 8.32. The fourth-order valence-corrected chi connectivity index (χ4v) is 4.31. The molecule has 5 heteroatoms. The summed E-state index contributed by atoms with van der Waals surface area (Å²) in [5, 5.41) is 0.576. The number of likely N-dealkylation sites (tertiary alicyclic amines) is 1. The average Bonchev–Trinajstić information content (AvgIpc) is 2.54. The van der Waals surface area contributed by atoms with Crippen LogP contribution >= 0.6 is 0 Å². The van der Waals surface area contributed by atoms with Crippen molar-refractivity contribution in [2.24, 2.45) is 5.92 Å². The van der Waals surface area contributed by atoms with E-state index in [9.17, 15) is 8.78 Å². The average molecular weight is 317 g/mol. The highest BCUT2D eigenvalue weighted by Gasteiger charge is 2.34. The summed E-state index contributed by atoms with van der Waals surface area (Å²) in [4.78, 5) is 8.84. The molecule has 2 unspecified atom stereocenters. The van der Waals surface area contributed by atoms with Crippen LogP contribution in [0.1, 0.15) is 19.3 Å². The number of benzene rings is 1. The topological polar surface area (TPSA) is 19.4 Å². The van der Waals surface area contributed by atoms with Gasteiger partial charge >= 0.3 is 0 Å². The van der Waals surface area contributed by atoms with Crippen molar-refractivity contribution in [3.05, 3.63) is 36.0 Å². The molecule has 4 rings (SSSR count). The van der Waals surface area contributed by atoms with Gasteiger partial charge in [-0.25, -0.2) is 8.78 Å². The number of pyridine rings is 1. The smallest absolute Gasteiger partial charge is 0.152 e. The molecular weight excluding hydrogens is 296 g/mol. The second kappa shape index (κ2) is 5.71. The maximum Gasteiger partial charge on any atom is 0.152 e. The molecule has 3 heterocycles. The molecule has 0 bridgehead atoms. The zero-order valence-electron chi connectivity index (χ0n) is 13.3. The van der Waals surface area contributed by atoms with Gasteiger partial charge in [-0.2, -0.15) is 0 Å². The van der Waals surface area contributed by atoms with Gasteiger partial charge in [0.15, 0.2) is 5.82 Å². The highest BCUT2D eigenvalue weighted by Crippen LogP contribution is 2.35. The molecule has 0 amide bonds. The van der Waals surface area contributed by atoms with E-state index in [0.717, 1.165) is 31.3 Å².